The summed E-state index contributed by atoms with van der Waals surface area (Å²) in [7, 11) is 0. The molecule has 0 saturated carbocycles. The summed E-state index contributed by atoms with van der Waals surface area (Å²) in [5, 5.41) is 23.5. The first-order valence-corrected chi connectivity index (χ1v) is 6.10. The summed E-state index contributed by atoms with van der Waals surface area (Å²) in [5.74, 6) is 0.644. The Morgan fingerprint density at radius 2 is 1.94 bits per heavy atom. The van der Waals surface area contributed by atoms with Crippen molar-refractivity contribution in [1.29, 1.82) is 0 Å². The van der Waals surface area contributed by atoms with Crippen LogP contribution in [0.25, 0.3) is 5.69 Å². The third-order valence-corrected chi connectivity index (χ3v) is 2.59. The Morgan fingerprint density at radius 1 is 1.11 bits per heavy atom. The summed E-state index contributed by atoms with van der Waals surface area (Å²) >= 11 is 0. The summed E-state index contributed by atoms with van der Waals surface area (Å²) < 4.78 is 1.67. The van der Waals surface area contributed by atoms with Gasteiger partial charge in [0.15, 0.2) is 0 Å². The number of tetrazole rings is 1. The van der Waals surface area contributed by atoms with Crippen LogP contribution < -0.4 is 5.32 Å². The lowest BCUT2D eigenvalue weighted by atomic mass is 10.2. The SMILES string of the molecule is OCCCCCNc1nnnn1-c1ccccc1. The van der Waals surface area contributed by atoms with Gasteiger partial charge in [0.2, 0.25) is 5.95 Å². The van der Waals surface area contributed by atoms with E-state index in [9.17, 15) is 0 Å². The van der Waals surface area contributed by atoms with Crippen molar-refractivity contribution in [3.05, 3.63) is 30.3 Å². The molecular weight excluding hydrogens is 230 g/mol. The van der Waals surface area contributed by atoms with E-state index in [0.717, 1.165) is 31.5 Å². The molecule has 0 unspecified atom stereocenters. The van der Waals surface area contributed by atoms with E-state index in [1.54, 1.807) is 4.68 Å². The molecule has 0 spiro atoms. The number of anilines is 1. The Kier molecular flexibility index (Phi) is 4.66. The minimum absolute atomic E-state index is 0.252. The minimum Gasteiger partial charge on any atom is -0.396 e. The van der Waals surface area contributed by atoms with E-state index in [-0.39, 0.29) is 6.61 Å². The number of unbranched alkanes of at least 4 members (excludes halogenated alkanes) is 2. The Bertz CT molecular complexity index is 457. The lowest BCUT2D eigenvalue weighted by Gasteiger charge is -2.06. The van der Waals surface area contributed by atoms with E-state index in [2.05, 4.69) is 20.8 Å². The zero-order chi connectivity index (χ0) is 12.6. The largest absolute Gasteiger partial charge is 0.396 e. The highest BCUT2D eigenvalue weighted by atomic mass is 16.2. The number of aromatic nitrogens is 4. The molecule has 2 rings (SSSR count). The molecule has 0 radical (unpaired) electrons. The fraction of sp³-hybridized carbons (Fsp3) is 0.417. The van der Waals surface area contributed by atoms with Gasteiger partial charge in [0.05, 0.1) is 5.69 Å². The standard InChI is InChI=1S/C12H17N5O/c18-10-6-2-5-9-13-12-14-15-16-17(12)11-7-3-1-4-8-11/h1,3-4,7-8,18H,2,5-6,9-10H2,(H,13,14,16). The lowest BCUT2D eigenvalue weighted by Crippen LogP contribution is -2.08. The molecule has 1 heterocycles. The molecule has 18 heavy (non-hydrogen) atoms. The van der Waals surface area contributed by atoms with Crippen LogP contribution in [0.3, 0.4) is 0 Å². The summed E-state index contributed by atoms with van der Waals surface area (Å²) in [6, 6.07) is 9.75. The summed E-state index contributed by atoms with van der Waals surface area (Å²) in [6.07, 6.45) is 2.82. The van der Waals surface area contributed by atoms with Gasteiger partial charge in [-0.2, -0.15) is 4.68 Å². The molecule has 1 aromatic heterocycles. The number of nitrogens with one attached hydrogen (secondary N) is 1. The van der Waals surface area contributed by atoms with Crippen molar-refractivity contribution >= 4 is 5.95 Å². The molecule has 6 heteroatoms. The predicted molar refractivity (Wildman–Crippen MR) is 68.6 cm³/mol. The van der Waals surface area contributed by atoms with Crippen molar-refractivity contribution in [2.75, 3.05) is 18.5 Å². The Balaban J connectivity index is 1.92. The molecule has 0 aliphatic rings. The minimum atomic E-state index is 0.252. The van der Waals surface area contributed by atoms with Crippen LogP contribution in [0.2, 0.25) is 0 Å². The van der Waals surface area contributed by atoms with Crippen molar-refractivity contribution < 1.29 is 5.11 Å². The number of benzene rings is 1. The van der Waals surface area contributed by atoms with E-state index in [0.29, 0.717) is 5.95 Å². The van der Waals surface area contributed by atoms with Crippen LogP contribution in [0.4, 0.5) is 5.95 Å². The maximum atomic E-state index is 8.69. The van der Waals surface area contributed by atoms with Crippen molar-refractivity contribution in [1.82, 2.24) is 20.2 Å². The summed E-state index contributed by atoms with van der Waals surface area (Å²) in [6.45, 7) is 1.05. The monoisotopic (exact) mass is 247 g/mol. The van der Waals surface area contributed by atoms with Crippen LogP contribution >= 0.6 is 0 Å². The summed E-state index contributed by atoms with van der Waals surface area (Å²) in [5.41, 5.74) is 0.931. The maximum absolute atomic E-state index is 8.69. The van der Waals surface area contributed by atoms with Crippen LogP contribution in [-0.2, 0) is 0 Å². The Hall–Kier alpha value is -1.95. The molecule has 0 fully saturated rings. The molecule has 2 N–H and O–H groups in total. The fourth-order valence-corrected chi connectivity index (χ4v) is 1.65. The van der Waals surface area contributed by atoms with Crippen molar-refractivity contribution in [2.45, 2.75) is 19.3 Å². The number of hydrogen-bond acceptors (Lipinski definition) is 5. The van der Waals surface area contributed by atoms with Crippen molar-refractivity contribution in [3.8, 4) is 5.69 Å². The highest BCUT2D eigenvalue weighted by Gasteiger charge is 2.06. The summed E-state index contributed by atoms with van der Waals surface area (Å²) in [4.78, 5) is 0. The average Bonchev–Trinajstić information content (AvgIpc) is 2.88. The van der Waals surface area contributed by atoms with E-state index < -0.39 is 0 Å². The van der Waals surface area contributed by atoms with Crippen LogP contribution in [0.5, 0.6) is 0 Å². The average molecular weight is 247 g/mol. The zero-order valence-corrected chi connectivity index (χ0v) is 10.2. The third kappa shape index (κ3) is 3.27. The van der Waals surface area contributed by atoms with Gasteiger partial charge in [-0.3, -0.25) is 0 Å². The van der Waals surface area contributed by atoms with Crippen LogP contribution in [0.15, 0.2) is 30.3 Å². The van der Waals surface area contributed by atoms with Gasteiger partial charge in [-0.1, -0.05) is 23.3 Å². The second-order valence-electron chi connectivity index (χ2n) is 3.96. The smallest absolute Gasteiger partial charge is 0.247 e. The van der Waals surface area contributed by atoms with Crippen LogP contribution in [0, 0.1) is 0 Å². The van der Waals surface area contributed by atoms with Crippen molar-refractivity contribution in [2.24, 2.45) is 0 Å². The quantitative estimate of drug-likeness (QED) is 0.720. The Labute approximate surface area is 106 Å². The zero-order valence-electron chi connectivity index (χ0n) is 10.2. The van der Waals surface area contributed by atoms with Gasteiger partial charge >= 0.3 is 0 Å². The number of aliphatic hydroxyl groups excluding tert-OH is 1. The van der Waals surface area contributed by atoms with Gasteiger partial charge in [-0.15, -0.1) is 0 Å². The maximum Gasteiger partial charge on any atom is 0.247 e. The topological polar surface area (TPSA) is 75.9 Å². The van der Waals surface area contributed by atoms with Gasteiger partial charge < -0.3 is 10.4 Å². The highest BCUT2D eigenvalue weighted by Crippen LogP contribution is 2.10. The molecule has 2 aromatic rings. The lowest BCUT2D eigenvalue weighted by molar-refractivity contribution is 0.283. The van der Waals surface area contributed by atoms with E-state index in [1.165, 1.54) is 0 Å². The van der Waals surface area contributed by atoms with E-state index in [1.807, 2.05) is 30.3 Å². The predicted octanol–water partition coefficient (Wildman–Crippen LogP) is 1.24. The van der Waals surface area contributed by atoms with E-state index in [4.69, 9.17) is 5.11 Å². The molecule has 0 atom stereocenters. The number of para-hydroxylation sites is 1. The number of aliphatic hydroxyl groups is 1. The van der Waals surface area contributed by atoms with Gasteiger partial charge in [0, 0.05) is 13.2 Å². The molecule has 0 saturated heterocycles. The number of hydrogen-bond donors (Lipinski definition) is 2. The second-order valence-corrected chi connectivity index (χ2v) is 3.96. The van der Waals surface area contributed by atoms with E-state index >= 15 is 0 Å². The van der Waals surface area contributed by atoms with Crippen molar-refractivity contribution in [3.63, 3.8) is 0 Å². The van der Waals surface area contributed by atoms with Crippen LogP contribution in [0.1, 0.15) is 19.3 Å². The first-order chi connectivity index (χ1) is 8.92. The molecule has 0 aliphatic heterocycles. The fourth-order valence-electron chi connectivity index (χ4n) is 1.65. The molecular formula is C12H17N5O. The molecule has 1 aromatic carbocycles. The van der Waals surface area contributed by atoms with Gasteiger partial charge in [0.1, 0.15) is 0 Å². The molecule has 6 nitrogen and oxygen atoms in total. The van der Waals surface area contributed by atoms with Crippen LogP contribution in [-0.4, -0.2) is 38.5 Å². The first-order valence-electron chi connectivity index (χ1n) is 6.10. The molecule has 0 aliphatic carbocycles. The van der Waals surface area contributed by atoms with Gasteiger partial charge in [-0.05, 0) is 41.8 Å². The number of rotatable bonds is 7. The highest BCUT2D eigenvalue weighted by molar-refractivity contribution is 5.38. The Morgan fingerprint density at radius 3 is 2.72 bits per heavy atom. The number of nitrogens with zero attached hydrogens (tertiary/aromatic N) is 4. The molecule has 0 bridgehead atoms. The second kappa shape index (κ2) is 6.70. The van der Waals surface area contributed by atoms with Gasteiger partial charge in [-0.25, -0.2) is 0 Å². The first kappa shape index (κ1) is 12.5. The van der Waals surface area contributed by atoms with Gasteiger partial charge in [0.25, 0.3) is 0 Å². The molecule has 0 amide bonds. The normalized spacial score (nSPS) is 10.5. The molecule has 96 valence electrons. The third-order valence-electron chi connectivity index (χ3n) is 2.59.